The van der Waals surface area contributed by atoms with Gasteiger partial charge in [0.25, 0.3) is 11.5 Å². The molecule has 5 rings (SSSR count). The van der Waals surface area contributed by atoms with Gasteiger partial charge in [0.15, 0.2) is 6.10 Å². The molecule has 1 N–H and O–H groups in total. The number of benzene rings is 2. The first-order valence-electron chi connectivity index (χ1n) is 13.4. The molecule has 1 aliphatic rings. The molecule has 0 radical (unpaired) electrons. The van der Waals surface area contributed by atoms with Gasteiger partial charge < -0.3 is 19.4 Å². The van der Waals surface area contributed by atoms with Crippen LogP contribution in [0.15, 0.2) is 53.3 Å². The number of esters is 2. The molecule has 0 spiro atoms. The number of methoxy groups -OCH3 is 1. The molecule has 41 heavy (non-hydrogen) atoms. The predicted molar refractivity (Wildman–Crippen MR) is 160 cm³/mol. The predicted octanol–water partition coefficient (Wildman–Crippen LogP) is 6.16. The lowest BCUT2D eigenvalue weighted by Gasteiger charge is -2.20. The van der Waals surface area contributed by atoms with E-state index in [0.717, 1.165) is 36.1 Å². The minimum absolute atomic E-state index is 0.0177. The highest BCUT2D eigenvalue weighted by atomic mass is 35.5. The number of pyridine rings is 1. The summed E-state index contributed by atoms with van der Waals surface area (Å²) in [5, 5.41) is 4.75. The van der Waals surface area contributed by atoms with Crippen molar-refractivity contribution in [3.63, 3.8) is 0 Å². The number of nitrogens with one attached hydrogen (secondary N) is 1. The third kappa shape index (κ3) is 5.39. The van der Waals surface area contributed by atoms with Gasteiger partial charge in [-0.05, 0) is 66.8 Å². The van der Waals surface area contributed by atoms with Crippen molar-refractivity contribution >= 4 is 56.6 Å². The van der Waals surface area contributed by atoms with E-state index < -0.39 is 23.9 Å². The lowest BCUT2D eigenvalue weighted by molar-refractivity contribution is -0.124. The minimum Gasteiger partial charge on any atom is -0.465 e. The number of hydrogen-bond acceptors (Lipinski definition) is 7. The van der Waals surface area contributed by atoms with E-state index in [2.05, 4.69) is 5.32 Å². The number of nitrogens with zero attached hydrogens (tertiary/aromatic N) is 1. The number of aryl methyl sites for hydroxylation is 1. The Morgan fingerprint density at radius 3 is 2.39 bits per heavy atom. The van der Waals surface area contributed by atoms with Crippen LogP contribution < -0.4 is 10.9 Å². The van der Waals surface area contributed by atoms with Gasteiger partial charge in [0.05, 0.1) is 12.7 Å². The van der Waals surface area contributed by atoms with Gasteiger partial charge in [-0.15, -0.1) is 11.3 Å². The molecule has 0 bridgehead atoms. The first kappa shape index (κ1) is 28.6. The Labute approximate surface area is 245 Å². The average molecular weight is 593 g/mol. The molecule has 0 saturated carbocycles. The summed E-state index contributed by atoms with van der Waals surface area (Å²) in [4.78, 5) is 54.1. The van der Waals surface area contributed by atoms with Crippen LogP contribution in [0.3, 0.4) is 0 Å². The maximum atomic E-state index is 13.8. The molecule has 2 aromatic heterocycles. The molecule has 1 amide bonds. The normalized spacial score (nSPS) is 13.4. The standard InChI is InChI=1S/C31H29ClN2O6S/c1-4-22(27(35)33-28-25(30(37)39-3)21-11-7-8-12-23(21)41-28)40-31(38)26-24(17-13-15-18(32)16-14-17)19-9-5-6-10-20(19)29(36)34(26)2/h5-6,9-10,13-16,22H,4,7-8,11-12H2,1-3H3,(H,33,35). The molecular weight excluding hydrogens is 564 g/mol. The van der Waals surface area contributed by atoms with Crippen LogP contribution >= 0.6 is 22.9 Å². The van der Waals surface area contributed by atoms with Crippen molar-refractivity contribution in [3.05, 3.63) is 85.6 Å². The zero-order valence-corrected chi connectivity index (χ0v) is 24.5. The van der Waals surface area contributed by atoms with E-state index in [1.807, 2.05) is 0 Å². The van der Waals surface area contributed by atoms with E-state index in [0.29, 0.717) is 37.5 Å². The maximum Gasteiger partial charge on any atom is 0.356 e. The lowest BCUT2D eigenvalue weighted by atomic mass is 9.95. The fourth-order valence-corrected chi connectivity index (χ4v) is 6.69. The zero-order chi connectivity index (χ0) is 29.3. The smallest absolute Gasteiger partial charge is 0.356 e. The van der Waals surface area contributed by atoms with Gasteiger partial charge in [-0.1, -0.05) is 48.9 Å². The SMILES string of the molecule is CCC(OC(=O)c1c(-c2ccc(Cl)cc2)c2ccccc2c(=O)n1C)C(=O)Nc1sc2c(c1C(=O)OC)CCCC2. The number of thiophene rings is 1. The molecule has 4 aromatic rings. The molecule has 1 unspecified atom stereocenters. The number of anilines is 1. The van der Waals surface area contributed by atoms with Gasteiger partial charge in [-0.3, -0.25) is 9.59 Å². The molecule has 1 aliphatic carbocycles. The van der Waals surface area contributed by atoms with Crippen molar-refractivity contribution in [2.24, 2.45) is 7.05 Å². The van der Waals surface area contributed by atoms with E-state index in [1.165, 1.54) is 30.1 Å². The van der Waals surface area contributed by atoms with Crippen LogP contribution in [0.25, 0.3) is 21.9 Å². The number of amides is 1. The Morgan fingerprint density at radius 2 is 1.71 bits per heavy atom. The van der Waals surface area contributed by atoms with E-state index in [4.69, 9.17) is 21.1 Å². The van der Waals surface area contributed by atoms with Crippen LogP contribution in [0.2, 0.25) is 5.02 Å². The van der Waals surface area contributed by atoms with Crippen LogP contribution in [0.5, 0.6) is 0 Å². The fourth-order valence-electron chi connectivity index (χ4n) is 5.28. The molecule has 10 heteroatoms. The van der Waals surface area contributed by atoms with Crippen molar-refractivity contribution in [2.45, 2.75) is 45.1 Å². The third-order valence-electron chi connectivity index (χ3n) is 7.34. The van der Waals surface area contributed by atoms with Crippen LogP contribution in [0.1, 0.15) is 57.5 Å². The van der Waals surface area contributed by atoms with E-state index >= 15 is 0 Å². The summed E-state index contributed by atoms with van der Waals surface area (Å²) in [6.07, 6.45) is 2.53. The van der Waals surface area contributed by atoms with Crippen molar-refractivity contribution in [1.29, 1.82) is 0 Å². The summed E-state index contributed by atoms with van der Waals surface area (Å²) in [5.41, 5.74) is 2.09. The molecule has 0 aliphatic heterocycles. The van der Waals surface area contributed by atoms with E-state index in [9.17, 15) is 19.2 Å². The van der Waals surface area contributed by atoms with Gasteiger partial charge in [0.2, 0.25) is 0 Å². The second-order valence-electron chi connectivity index (χ2n) is 9.84. The Hall–Kier alpha value is -3.95. The van der Waals surface area contributed by atoms with Crippen LogP contribution in [-0.4, -0.2) is 35.6 Å². The minimum atomic E-state index is -1.17. The van der Waals surface area contributed by atoms with E-state index in [-0.39, 0.29) is 17.7 Å². The highest BCUT2D eigenvalue weighted by molar-refractivity contribution is 7.17. The van der Waals surface area contributed by atoms with E-state index in [1.54, 1.807) is 55.5 Å². The van der Waals surface area contributed by atoms with Crippen molar-refractivity contribution in [1.82, 2.24) is 4.57 Å². The summed E-state index contributed by atoms with van der Waals surface area (Å²) in [6.45, 7) is 1.72. The van der Waals surface area contributed by atoms with Crippen molar-refractivity contribution in [2.75, 3.05) is 12.4 Å². The number of hydrogen-bond donors (Lipinski definition) is 1. The number of ether oxygens (including phenoxy) is 2. The topological polar surface area (TPSA) is 104 Å². The van der Waals surface area contributed by atoms with Crippen LogP contribution in [-0.2, 0) is 34.2 Å². The zero-order valence-electron chi connectivity index (χ0n) is 22.9. The summed E-state index contributed by atoms with van der Waals surface area (Å²) >= 11 is 7.47. The monoisotopic (exact) mass is 592 g/mol. The number of aromatic nitrogens is 1. The molecule has 8 nitrogen and oxygen atoms in total. The largest absolute Gasteiger partial charge is 0.465 e. The van der Waals surface area contributed by atoms with Gasteiger partial charge in [0, 0.05) is 27.9 Å². The second-order valence-corrected chi connectivity index (χ2v) is 11.4. The number of carbonyl (C=O) groups is 3. The highest BCUT2D eigenvalue weighted by Gasteiger charge is 2.31. The quantitative estimate of drug-likeness (QED) is 0.258. The Bertz CT molecular complexity index is 1720. The first-order chi connectivity index (χ1) is 19.7. The molecule has 0 saturated heterocycles. The van der Waals surface area contributed by atoms with Gasteiger partial charge >= 0.3 is 11.9 Å². The molecule has 212 valence electrons. The molecular formula is C31H29ClN2O6S. The summed E-state index contributed by atoms with van der Waals surface area (Å²) < 4.78 is 12.0. The van der Waals surface area contributed by atoms with Gasteiger partial charge in [-0.25, -0.2) is 9.59 Å². The third-order valence-corrected chi connectivity index (χ3v) is 8.80. The fraction of sp³-hybridized carbons (Fsp3) is 0.290. The van der Waals surface area contributed by atoms with Gasteiger partial charge in [0.1, 0.15) is 10.7 Å². The Kier molecular flexibility index (Phi) is 8.28. The molecule has 0 fully saturated rings. The summed E-state index contributed by atoms with van der Waals surface area (Å²) in [5.74, 6) is -1.90. The van der Waals surface area contributed by atoms with Crippen molar-refractivity contribution < 1.29 is 23.9 Å². The van der Waals surface area contributed by atoms with Gasteiger partial charge in [-0.2, -0.15) is 0 Å². The van der Waals surface area contributed by atoms with Crippen LogP contribution in [0, 0.1) is 0 Å². The Morgan fingerprint density at radius 1 is 1.02 bits per heavy atom. The number of fused-ring (bicyclic) bond motifs is 2. The molecule has 1 atom stereocenters. The second kappa shape index (κ2) is 11.9. The number of rotatable bonds is 7. The number of halogens is 1. The molecule has 2 aromatic carbocycles. The lowest BCUT2D eigenvalue weighted by Crippen LogP contribution is -2.34. The highest BCUT2D eigenvalue weighted by Crippen LogP contribution is 2.39. The van der Waals surface area contributed by atoms with Crippen molar-refractivity contribution in [3.8, 4) is 11.1 Å². The molecule has 2 heterocycles. The van der Waals surface area contributed by atoms with Crippen LogP contribution in [0.4, 0.5) is 5.00 Å². The summed E-state index contributed by atoms with van der Waals surface area (Å²) in [6, 6.07) is 14.0. The Balaban J connectivity index is 1.51. The summed E-state index contributed by atoms with van der Waals surface area (Å²) in [7, 11) is 2.81. The first-order valence-corrected chi connectivity index (χ1v) is 14.6. The number of carbonyl (C=O) groups excluding carboxylic acids is 3. The maximum absolute atomic E-state index is 13.8. The average Bonchev–Trinajstić information content (AvgIpc) is 3.35.